The van der Waals surface area contributed by atoms with E-state index in [4.69, 9.17) is 10.5 Å². The summed E-state index contributed by atoms with van der Waals surface area (Å²) in [6.07, 6.45) is 1.42. The zero-order valence-electron chi connectivity index (χ0n) is 16.1. The van der Waals surface area contributed by atoms with Crippen molar-refractivity contribution in [2.24, 2.45) is 11.7 Å². The number of carbonyl (C=O) groups excluding carboxylic acids is 2. The van der Waals surface area contributed by atoms with E-state index in [0.29, 0.717) is 32.5 Å². The van der Waals surface area contributed by atoms with Crippen molar-refractivity contribution in [3.8, 4) is 5.75 Å². The van der Waals surface area contributed by atoms with Gasteiger partial charge in [0.15, 0.2) is 0 Å². The first-order valence-electron chi connectivity index (χ1n) is 9.56. The Balaban J connectivity index is 1.67. The fourth-order valence-corrected chi connectivity index (χ4v) is 3.59. The number of rotatable bonds is 7. The molecule has 1 aliphatic heterocycles. The highest BCUT2D eigenvalue weighted by atomic mass is 16.5. The van der Waals surface area contributed by atoms with Gasteiger partial charge in [-0.1, -0.05) is 42.5 Å². The summed E-state index contributed by atoms with van der Waals surface area (Å²) in [5, 5.41) is 3.16. The van der Waals surface area contributed by atoms with Gasteiger partial charge in [0.2, 0.25) is 11.8 Å². The van der Waals surface area contributed by atoms with Gasteiger partial charge in [-0.05, 0) is 49.2 Å². The van der Waals surface area contributed by atoms with Crippen LogP contribution in [-0.4, -0.2) is 43.5 Å². The SMILES string of the molecule is COc1ccc([C@H](NC(=O)CN2CCC(C(N)=O)CC2)c2ccccc2)cc1. The monoisotopic (exact) mass is 381 g/mol. The van der Waals surface area contributed by atoms with Gasteiger partial charge < -0.3 is 15.8 Å². The third kappa shape index (κ3) is 5.10. The fraction of sp³-hybridized carbons (Fsp3) is 0.364. The smallest absolute Gasteiger partial charge is 0.234 e. The van der Waals surface area contributed by atoms with Gasteiger partial charge in [-0.15, -0.1) is 0 Å². The van der Waals surface area contributed by atoms with Crippen LogP contribution in [0.4, 0.5) is 0 Å². The van der Waals surface area contributed by atoms with E-state index in [9.17, 15) is 9.59 Å². The van der Waals surface area contributed by atoms with Crippen LogP contribution in [0.5, 0.6) is 5.75 Å². The number of piperidine rings is 1. The van der Waals surface area contributed by atoms with Gasteiger partial charge in [-0.25, -0.2) is 0 Å². The predicted octanol–water partition coefficient (Wildman–Crippen LogP) is 2.10. The number of benzene rings is 2. The lowest BCUT2D eigenvalue weighted by atomic mass is 9.96. The minimum Gasteiger partial charge on any atom is -0.497 e. The Morgan fingerprint density at radius 1 is 1.07 bits per heavy atom. The molecule has 2 aromatic carbocycles. The number of nitrogens with zero attached hydrogens (tertiary/aromatic N) is 1. The van der Waals surface area contributed by atoms with Crippen molar-refractivity contribution in [1.29, 1.82) is 0 Å². The first kappa shape index (κ1) is 19.9. The van der Waals surface area contributed by atoms with Crippen molar-refractivity contribution in [3.63, 3.8) is 0 Å². The van der Waals surface area contributed by atoms with E-state index in [1.807, 2.05) is 54.6 Å². The fourth-order valence-electron chi connectivity index (χ4n) is 3.59. The molecule has 1 atom stereocenters. The average Bonchev–Trinajstić information content (AvgIpc) is 2.73. The molecule has 2 aromatic rings. The van der Waals surface area contributed by atoms with Crippen molar-refractivity contribution in [1.82, 2.24) is 10.2 Å². The molecule has 1 heterocycles. The number of hydrogen-bond donors (Lipinski definition) is 2. The number of carbonyl (C=O) groups is 2. The van der Waals surface area contributed by atoms with Crippen LogP contribution in [0.1, 0.15) is 30.0 Å². The minimum absolute atomic E-state index is 0.0396. The van der Waals surface area contributed by atoms with Gasteiger partial charge >= 0.3 is 0 Å². The first-order valence-corrected chi connectivity index (χ1v) is 9.56. The number of nitrogens with one attached hydrogen (secondary N) is 1. The normalized spacial score (nSPS) is 16.3. The first-order chi connectivity index (χ1) is 13.6. The van der Waals surface area contributed by atoms with Crippen molar-refractivity contribution >= 4 is 11.8 Å². The van der Waals surface area contributed by atoms with Crippen LogP contribution in [0, 0.1) is 5.92 Å². The summed E-state index contributed by atoms with van der Waals surface area (Å²) >= 11 is 0. The van der Waals surface area contributed by atoms with Gasteiger partial charge in [0.05, 0.1) is 19.7 Å². The second-order valence-electron chi connectivity index (χ2n) is 7.14. The van der Waals surface area contributed by atoms with E-state index in [1.54, 1.807) is 7.11 Å². The third-order valence-corrected chi connectivity index (χ3v) is 5.24. The van der Waals surface area contributed by atoms with E-state index in [2.05, 4.69) is 10.2 Å². The van der Waals surface area contributed by atoms with Crippen LogP contribution in [0.15, 0.2) is 54.6 Å². The van der Waals surface area contributed by atoms with Gasteiger partial charge in [0.1, 0.15) is 5.75 Å². The largest absolute Gasteiger partial charge is 0.497 e. The van der Waals surface area contributed by atoms with Crippen LogP contribution in [-0.2, 0) is 9.59 Å². The van der Waals surface area contributed by atoms with Crippen LogP contribution < -0.4 is 15.8 Å². The molecule has 0 aromatic heterocycles. The number of hydrogen-bond acceptors (Lipinski definition) is 4. The van der Waals surface area contributed by atoms with Gasteiger partial charge in [0.25, 0.3) is 0 Å². The molecule has 3 N–H and O–H groups in total. The Morgan fingerprint density at radius 2 is 1.68 bits per heavy atom. The number of ether oxygens (including phenoxy) is 1. The molecule has 1 fully saturated rings. The maximum atomic E-state index is 12.7. The molecule has 1 saturated heterocycles. The lowest BCUT2D eigenvalue weighted by molar-refractivity contribution is -0.124. The van der Waals surface area contributed by atoms with Gasteiger partial charge in [-0.3, -0.25) is 14.5 Å². The molecule has 6 nitrogen and oxygen atoms in total. The zero-order chi connectivity index (χ0) is 19.9. The van der Waals surface area contributed by atoms with Crippen molar-refractivity contribution < 1.29 is 14.3 Å². The molecule has 1 aliphatic rings. The molecule has 0 aliphatic carbocycles. The van der Waals surface area contributed by atoms with E-state index in [1.165, 1.54) is 0 Å². The molecule has 6 heteroatoms. The molecule has 148 valence electrons. The Morgan fingerprint density at radius 3 is 2.25 bits per heavy atom. The second-order valence-corrected chi connectivity index (χ2v) is 7.14. The summed E-state index contributed by atoms with van der Waals surface area (Å²) < 4.78 is 5.23. The van der Waals surface area contributed by atoms with Crippen molar-refractivity contribution in [2.75, 3.05) is 26.7 Å². The Kier molecular flexibility index (Phi) is 6.66. The second kappa shape index (κ2) is 9.37. The van der Waals surface area contributed by atoms with Gasteiger partial charge in [-0.2, -0.15) is 0 Å². The summed E-state index contributed by atoms with van der Waals surface area (Å²) in [5.74, 6) is 0.421. The Labute approximate surface area is 165 Å². The number of methoxy groups -OCH3 is 1. The topological polar surface area (TPSA) is 84.7 Å². The summed E-state index contributed by atoms with van der Waals surface area (Å²) in [4.78, 5) is 26.1. The molecular formula is C22H27N3O3. The Bertz CT molecular complexity index is 784. The maximum absolute atomic E-state index is 12.7. The summed E-state index contributed by atoms with van der Waals surface area (Å²) in [7, 11) is 1.63. The van der Waals surface area contributed by atoms with Crippen LogP contribution >= 0.6 is 0 Å². The van der Waals surface area contributed by atoms with Crippen LogP contribution in [0.25, 0.3) is 0 Å². The lowest BCUT2D eigenvalue weighted by Crippen LogP contribution is -2.44. The number of primary amides is 1. The van der Waals surface area contributed by atoms with Crippen LogP contribution in [0.2, 0.25) is 0 Å². The highest BCUT2D eigenvalue weighted by Crippen LogP contribution is 2.24. The predicted molar refractivity (Wildman–Crippen MR) is 108 cm³/mol. The Hall–Kier alpha value is -2.86. The molecule has 0 radical (unpaired) electrons. The summed E-state index contributed by atoms with van der Waals surface area (Å²) in [6.45, 7) is 1.73. The average molecular weight is 381 g/mol. The van der Waals surface area contributed by atoms with Crippen molar-refractivity contribution in [3.05, 3.63) is 65.7 Å². The molecule has 0 saturated carbocycles. The third-order valence-electron chi connectivity index (χ3n) is 5.24. The summed E-state index contributed by atoms with van der Waals surface area (Å²) in [6, 6.07) is 17.4. The highest BCUT2D eigenvalue weighted by molar-refractivity contribution is 5.79. The summed E-state index contributed by atoms with van der Waals surface area (Å²) in [5.41, 5.74) is 7.40. The molecule has 2 amide bonds. The lowest BCUT2D eigenvalue weighted by Gasteiger charge is -2.30. The van der Waals surface area contributed by atoms with Crippen molar-refractivity contribution in [2.45, 2.75) is 18.9 Å². The molecule has 0 unspecified atom stereocenters. The van der Waals surface area contributed by atoms with E-state index in [0.717, 1.165) is 16.9 Å². The quantitative estimate of drug-likeness (QED) is 0.769. The number of amides is 2. The molecular weight excluding hydrogens is 354 g/mol. The highest BCUT2D eigenvalue weighted by Gasteiger charge is 2.25. The standard InChI is InChI=1S/C22H27N3O3/c1-28-19-9-7-17(8-10-19)21(16-5-3-2-4-6-16)24-20(26)15-25-13-11-18(12-14-25)22(23)27/h2-10,18,21H,11-15H2,1H3,(H2,23,27)(H,24,26)/t21-/m1/s1. The molecule has 28 heavy (non-hydrogen) atoms. The van der Waals surface area contributed by atoms with Gasteiger partial charge in [0, 0.05) is 5.92 Å². The van der Waals surface area contributed by atoms with Crippen LogP contribution in [0.3, 0.4) is 0 Å². The molecule has 0 bridgehead atoms. The zero-order valence-corrected chi connectivity index (χ0v) is 16.1. The molecule has 0 spiro atoms. The van der Waals surface area contributed by atoms with E-state index >= 15 is 0 Å². The number of nitrogens with two attached hydrogens (primary N) is 1. The molecule has 3 rings (SSSR count). The van der Waals surface area contributed by atoms with E-state index < -0.39 is 0 Å². The minimum atomic E-state index is -0.243. The number of likely N-dealkylation sites (tertiary alicyclic amines) is 1. The van der Waals surface area contributed by atoms with E-state index in [-0.39, 0.29) is 23.8 Å². The maximum Gasteiger partial charge on any atom is 0.234 e.